The van der Waals surface area contributed by atoms with Crippen LogP contribution in [0.3, 0.4) is 0 Å². The number of carbonyl (C=O) groups excluding carboxylic acids is 1. The van der Waals surface area contributed by atoms with E-state index in [1.807, 2.05) is 6.07 Å². The number of hydrogen-bond donors (Lipinski definition) is 0. The zero-order valence-electron chi connectivity index (χ0n) is 11.1. The Kier molecular flexibility index (Phi) is 4.42. The fourth-order valence-electron chi connectivity index (χ4n) is 1.99. The van der Waals surface area contributed by atoms with Gasteiger partial charge in [0.15, 0.2) is 5.78 Å². The average Bonchev–Trinajstić information content (AvgIpc) is 2.53. The number of carbonyl (C=O) groups is 1. The predicted octanol–water partition coefficient (Wildman–Crippen LogP) is 3.47. The van der Waals surface area contributed by atoms with Crippen LogP contribution in [0.25, 0.3) is 0 Å². The molecule has 2 aromatic rings. The van der Waals surface area contributed by atoms with Crippen LogP contribution in [0.15, 0.2) is 54.6 Å². The van der Waals surface area contributed by atoms with Gasteiger partial charge in [-0.2, -0.15) is 5.26 Å². The Labute approximate surface area is 121 Å². The largest absolute Gasteiger partial charge is 0.294 e. The molecule has 0 aliphatic heterocycles. The lowest BCUT2D eigenvalue weighted by Crippen LogP contribution is -2.06. The Morgan fingerprint density at radius 1 is 1.14 bits per heavy atom. The number of Topliss-reactive ketones (excluding diaryl/α,β-unsaturated/α-hetero) is 1. The zero-order valence-corrected chi connectivity index (χ0v) is 11.1. The van der Waals surface area contributed by atoms with Crippen LogP contribution in [-0.2, 0) is 0 Å². The first-order chi connectivity index (χ1) is 10.1. The molecule has 1 unspecified atom stereocenters. The minimum atomic E-state index is -0.612. The lowest BCUT2D eigenvalue weighted by atomic mass is 9.92. The van der Waals surface area contributed by atoms with Crippen LogP contribution < -0.4 is 0 Å². The molecule has 0 saturated heterocycles. The van der Waals surface area contributed by atoms with Crippen molar-refractivity contribution in [2.75, 3.05) is 0 Å². The normalized spacial score (nSPS) is 11.4. The van der Waals surface area contributed by atoms with Crippen LogP contribution in [0.5, 0.6) is 0 Å². The quantitative estimate of drug-likeness (QED) is 0.477. The third kappa shape index (κ3) is 3.51. The van der Waals surface area contributed by atoms with E-state index in [0.29, 0.717) is 11.1 Å². The molecular weight excluding hydrogens is 268 g/mol. The van der Waals surface area contributed by atoms with Gasteiger partial charge in [0.25, 0.3) is 5.69 Å². The Morgan fingerprint density at radius 3 is 2.29 bits per heavy atom. The molecule has 0 aliphatic rings. The molecule has 5 nitrogen and oxygen atoms in total. The van der Waals surface area contributed by atoms with Crippen molar-refractivity contribution in [1.29, 1.82) is 5.26 Å². The van der Waals surface area contributed by atoms with Gasteiger partial charge < -0.3 is 0 Å². The maximum absolute atomic E-state index is 12.1. The van der Waals surface area contributed by atoms with Crippen molar-refractivity contribution in [3.8, 4) is 6.07 Å². The SMILES string of the molecule is N#CC(CC(=O)c1ccccc1)c1ccc([N+](=O)[O-])cc1. The van der Waals surface area contributed by atoms with E-state index in [1.165, 1.54) is 24.3 Å². The maximum Gasteiger partial charge on any atom is 0.269 e. The second kappa shape index (κ2) is 6.44. The molecule has 104 valence electrons. The van der Waals surface area contributed by atoms with Crippen molar-refractivity contribution in [2.45, 2.75) is 12.3 Å². The monoisotopic (exact) mass is 280 g/mol. The molecule has 2 aromatic carbocycles. The van der Waals surface area contributed by atoms with Crippen molar-refractivity contribution in [1.82, 2.24) is 0 Å². The first-order valence-electron chi connectivity index (χ1n) is 6.34. The van der Waals surface area contributed by atoms with E-state index in [9.17, 15) is 20.2 Å². The van der Waals surface area contributed by atoms with E-state index < -0.39 is 10.8 Å². The molecule has 0 amide bonds. The maximum atomic E-state index is 12.1. The van der Waals surface area contributed by atoms with Gasteiger partial charge in [-0.1, -0.05) is 42.5 Å². The summed E-state index contributed by atoms with van der Waals surface area (Å²) in [7, 11) is 0. The van der Waals surface area contributed by atoms with E-state index in [0.717, 1.165) is 0 Å². The van der Waals surface area contributed by atoms with Crippen LogP contribution in [-0.4, -0.2) is 10.7 Å². The second-order valence-electron chi connectivity index (χ2n) is 4.52. The zero-order chi connectivity index (χ0) is 15.2. The smallest absolute Gasteiger partial charge is 0.269 e. The molecule has 0 heterocycles. The van der Waals surface area contributed by atoms with E-state index in [-0.39, 0.29) is 17.9 Å². The number of rotatable bonds is 5. The minimum absolute atomic E-state index is 0.0372. The number of ketones is 1. The summed E-state index contributed by atoms with van der Waals surface area (Å²) in [6, 6.07) is 16.5. The molecule has 0 saturated carbocycles. The Morgan fingerprint density at radius 2 is 1.76 bits per heavy atom. The lowest BCUT2D eigenvalue weighted by Gasteiger charge is -2.08. The number of nitrogens with zero attached hydrogens (tertiary/aromatic N) is 2. The van der Waals surface area contributed by atoms with Gasteiger partial charge in [-0.25, -0.2) is 0 Å². The van der Waals surface area contributed by atoms with Gasteiger partial charge in [0.2, 0.25) is 0 Å². The van der Waals surface area contributed by atoms with Crippen LogP contribution in [0.4, 0.5) is 5.69 Å². The fourth-order valence-corrected chi connectivity index (χ4v) is 1.99. The van der Waals surface area contributed by atoms with Gasteiger partial charge in [-0.3, -0.25) is 14.9 Å². The van der Waals surface area contributed by atoms with Crippen molar-refractivity contribution >= 4 is 11.5 Å². The summed E-state index contributed by atoms with van der Waals surface area (Å²) in [5.74, 6) is -0.737. The topological polar surface area (TPSA) is 84.0 Å². The van der Waals surface area contributed by atoms with Crippen LogP contribution in [0.2, 0.25) is 0 Å². The standard InChI is InChI=1S/C16H12N2O3/c17-11-14(10-16(19)13-4-2-1-3-5-13)12-6-8-15(9-7-12)18(20)21/h1-9,14H,10H2. The third-order valence-corrected chi connectivity index (χ3v) is 3.15. The average molecular weight is 280 g/mol. The number of nitro benzene ring substituents is 1. The number of non-ortho nitro benzene ring substituents is 1. The molecule has 0 N–H and O–H groups in total. The van der Waals surface area contributed by atoms with Gasteiger partial charge in [-0.05, 0) is 5.56 Å². The molecule has 0 spiro atoms. The number of benzene rings is 2. The summed E-state index contributed by atoms with van der Waals surface area (Å²) in [6.45, 7) is 0. The summed E-state index contributed by atoms with van der Waals surface area (Å²) in [4.78, 5) is 22.2. The highest BCUT2D eigenvalue weighted by atomic mass is 16.6. The Hall–Kier alpha value is -3.00. The summed E-state index contributed by atoms with van der Waals surface area (Å²) < 4.78 is 0. The van der Waals surface area contributed by atoms with Crippen molar-refractivity contribution in [3.05, 3.63) is 75.8 Å². The summed E-state index contributed by atoms with van der Waals surface area (Å²) in [6.07, 6.45) is 0.0539. The first-order valence-corrected chi connectivity index (χ1v) is 6.34. The second-order valence-corrected chi connectivity index (χ2v) is 4.52. The van der Waals surface area contributed by atoms with Gasteiger partial charge >= 0.3 is 0 Å². The molecule has 2 rings (SSSR count). The highest BCUT2D eigenvalue weighted by molar-refractivity contribution is 5.96. The molecule has 0 bridgehead atoms. The van der Waals surface area contributed by atoms with E-state index in [2.05, 4.69) is 6.07 Å². The van der Waals surface area contributed by atoms with Gasteiger partial charge in [-0.15, -0.1) is 0 Å². The molecule has 0 fully saturated rings. The van der Waals surface area contributed by atoms with Gasteiger partial charge in [0.1, 0.15) is 0 Å². The van der Waals surface area contributed by atoms with Gasteiger partial charge in [0.05, 0.1) is 16.9 Å². The fraction of sp³-hybridized carbons (Fsp3) is 0.125. The van der Waals surface area contributed by atoms with Crippen LogP contribution in [0.1, 0.15) is 28.3 Å². The first kappa shape index (κ1) is 14.4. The molecule has 5 heteroatoms. The molecular formula is C16H12N2O3. The van der Waals surface area contributed by atoms with Crippen molar-refractivity contribution in [2.24, 2.45) is 0 Å². The Balaban J connectivity index is 2.15. The Bertz CT molecular complexity index is 688. The van der Waals surface area contributed by atoms with Crippen molar-refractivity contribution < 1.29 is 9.72 Å². The minimum Gasteiger partial charge on any atom is -0.294 e. The van der Waals surface area contributed by atoms with E-state index in [4.69, 9.17) is 0 Å². The third-order valence-electron chi connectivity index (χ3n) is 3.15. The summed E-state index contributed by atoms with van der Waals surface area (Å²) in [5.41, 5.74) is 1.12. The van der Waals surface area contributed by atoms with E-state index >= 15 is 0 Å². The molecule has 0 aromatic heterocycles. The number of nitriles is 1. The highest BCUT2D eigenvalue weighted by Gasteiger charge is 2.17. The molecule has 0 radical (unpaired) electrons. The van der Waals surface area contributed by atoms with Crippen LogP contribution >= 0.6 is 0 Å². The summed E-state index contributed by atoms with van der Waals surface area (Å²) in [5, 5.41) is 19.8. The molecule has 0 aliphatic carbocycles. The van der Waals surface area contributed by atoms with Gasteiger partial charge in [0, 0.05) is 24.1 Å². The van der Waals surface area contributed by atoms with Crippen LogP contribution in [0, 0.1) is 21.4 Å². The molecule has 21 heavy (non-hydrogen) atoms. The highest BCUT2D eigenvalue weighted by Crippen LogP contribution is 2.23. The summed E-state index contributed by atoms with van der Waals surface area (Å²) >= 11 is 0. The number of nitro groups is 1. The van der Waals surface area contributed by atoms with E-state index in [1.54, 1.807) is 24.3 Å². The van der Waals surface area contributed by atoms with Crippen molar-refractivity contribution in [3.63, 3.8) is 0 Å². The lowest BCUT2D eigenvalue weighted by molar-refractivity contribution is -0.384. The number of hydrogen-bond acceptors (Lipinski definition) is 4. The predicted molar refractivity (Wildman–Crippen MR) is 76.8 cm³/mol. The molecule has 1 atom stereocenters.